The minimum Gasteiger partial charge on any atom is -0.459 e. The van der Waals surface area contributed by atoms with Gasteiger partial charge in [0.1, 0.15) is 22.6 Å². The van der Waals surface area contributed by atoms with E-state index in [2.05, 4.69) is 16.0 Å². The maximum absolute atomic E-state index is 14.2. The fraction of sp³-hybridized carbons (Fsp3) is 0.576. The third-order valence-corrected chi connectivity index (χ3v) is 8.19. The van der Waals surface area contributed by atoms with E-state index in [0.717, 1.165) is 36.0 Å². The Kier molecular flexibility index (Phi) is 8.20. The molecule has 1 aromatic carbocycles. The van der Waals surface area contributed by atoms with Gasteiger partial charge in [-0.1, -0.05) is 18.2 Å². The van der Waals surface area contributed by atoms with Gasteiger partial charge in [-0.15, -0.1) is 0 Å². The van der Waals surface area contributed by atoms with E-state index in [-0.39, 0.29) is 24.0 Å². The molecular weight excluding hydrogens is 530 g/mol. The standard InChI is InChI=1S/C33H45N5O4/c1-31(2,3)41-29(39)27(28-36-23-13-7-8-14-24(23)37-28)38(25-15-9-11-21-12-10-20-35-26(21)25)22-16-18-33(34,19-17-22)30(40)42-32(4,5)6/h7-8,10,12-14,20,22,25,27H,9,11,15-19,34H2,1-6H3,(H,36,37). The van der Waals surface area contributed by atoms with Crippen molar-refractivity contribution in [2.75, 3.05) is 0 Å². The first-order valence-corrected chi connectivity index (χ1v) is 15.2. The van der Waals surface area contributed by atoms with Gasteiger partial charge in [0.25, 0.3) is 0 Å². The summed E-state index contributed by atoms with van der Waals surface area (Å²) in [6.45, 7) is 11.2. The fourth-order valence-electron chi connectivity index (χ4n) is 6.35. The van der Waals surface area contributed by atoms with Crippen LogP contribution in [0.3, 0.4) is 0 Å². The summed E-state index contributed by atoms with van der Waals surface area (Å²) >= 11 is 0. The molecule has 0 radical (unpaired) electrons. The first-order valence-electron chi connectivity index (χ1n) is 15.2. The summed E-state index contributed by atoms with van der Waals surface area (Å²) in [6.07, 6.45) is 6.74. The molecule has 2 aromatic heterocycles. The number of benzene rings is 1. The number of aryl methyl sites for hydroxylation is 1. The lowest BCUT2D eigenvalue weighted by Gasteiger charge is -2.47. The van der Waals surface area contributed by atoms with Crippen molar-refractivity contribution in [3.8, 4) is 0 Å². The van der Waals surface area contributed by atoms with Crippen molar-refractivity contribution in [3.63, 3.8) is 0 Å². The van der Waals surface area contributed by atoms with E-state index in [4.69, 9.17) is 25.2 Å². The summed E-state index contributed by atoms with van der Waals surface area (Å²) in [5.74, 6) is -0.183. The molecule has 2 aliphatic rings. The summed E-state index contributed by atoms with van der Waals surface area (Å²) in [4.78, 5) is 42.8. The lowest BCUT2D eigenvalue weighted by atomic mass is 9.78. The van der Waals surface area contributed by atoms with Crippen LogP contribution >= 0.6 is 0 Å². The average molecular weight is 576 g/mol. The molecule has 2 unspecified atom stereocenters. The Morgan fingerprint density at radius 1 is 1.00 bits per heavy atom. The van der Waals surface area contributed by atoms with Crippen LogP contribution < -0.4 is 5.73 Å². The summed E-state index contributed by atoms with van der Waals surface area (Å²) < 4.78 is 11.8. The van der Waals surface area contributed by atoms with E-state index < -0.39 is 22.8 Å². The Labute approximate surface area is 248 Å². The second-order valence-corrected chi connectivity index (χ2v) is 13.9. The minimum atomic E-state index is -1.07. The van der Waals surface area contributed by atoms with Gasteiger partial charge in [-0.05, 0) is 110 Å². The van der Waals surface area contributed by atoms with Crippen molar-refractivity contribution in [1.29, 1.82) is 0 Å². The first kappa shape index (κ1) is 30.2. The van der Waals surface area contributed by atoms with Crippen molar-refractivity contribution in [3.05, 3.63) is 59.7 Å². The Balaban J connectivity index is 1.57. The Bertz CT molecular complexity index is 1390. The molecule has 0 aliphatic heterocycles. The van der Waals surface area contributed by atoms with E-state index in [0.29, 0.717) is 31.5 Å². The number of nitrogens with one attached hydrogen (secondary N) is 1. The number of pyridine rings is 1. The molecule has 1 saturated carbocycles. The van der Waals surface area contributed by atoms with Crippen molar-refractivity contribution in [2.45, 2.75) is 121 Å². The lowest BCUT2D eigenvalue weighted by Crippen LogP contribution is -2.57. The Hall–Kier alpha value is -3.30. The molecule has 3 N–H and O–H groups in total. The molecule has 2 atom stereocenters. The smallest absolute Gasteiger partial charge is 0.331 e. The number of para-hydroxylation sites is 2. The molecule has 5 rings (SSSR count). The first-order chi connectivity index (χ1) is 19.7. The molecule has 0 spiro atoms. The van der Waals surface area contributed by atoms with Crippen LogP contribution in [0.25, 0.3) is 11.0 Å². The monoisotopic (exact) mass is 575 g/mol. The van der Waals surface area contributed by atoms with E-state index in [1.54, 1.807) is 0 Å². The van der Waals surface area contributed by atoms with Crippen LogP contribution in [0.2, 0.25) is 0 Å². The van der Waals surface area contributed by atoms with Gasteiger partial charge in [-0.3, -0.25) is 14.7 Å². The van der Waals surface area contributed by atoms with Gasteiger partial charge < -0.3 is 20.2 Å². The van der Waals surface area contributed by atoms with Gasteiger partial charge in [-0.2, -0.15) is 0 Å². The zero-order chi connectivity index (χ0) is 30.3. The predicted molar refractivity (Wildman–Crippen MR) is 161 cm³/mol. The summed E-state index contributed by atoms with van der Waals surface area (Å²) in [5.41, 5.74) is 8.15. The number of carbonyl (C=O) groups excluding carboxylic acids is 2. The zero-order valence-electron chi connectivity index (χ0n) is 25.8. The lowest BCUT2D eigenvalue weighted by molar-refractivity contribution is -0.169. The molecule has 226 valence electrons. The van der Waals surface area contributed by atoms with Gasteiger partial charge in [0.05, 0.1) is 22.8 Å². The van der Waals surface area contributed by atoms with E-state index in [9.17, 15) is 9.59 Å². The van der Waals surface area contributed by atoms with Crippen LogP contribution in [0.1, 0.15) is 109 Å². The van der Waals surface area contributed by atoms with Crippen LogP contribution in [0.15, 0.2) is 42.6 Å². The van der Waals surface area contributed by atoms with Gasteiger partial charge in [0, 0.05) is 12.2 Å². The molecule has 42 heavy (non-hydrogen) atoms. The highest BCUT2D eigenvalue weighted by atomic mass is 16.6. The second kappa shape index (κ2) is 11.4. The number of nitrogens with zero attached hydrogens (tertiary/aromatic N) is 3. The van der Waals surface area contributed by atoms with Crippen LogP contribution in [0.4, 0.5) is 0 Å². The number of H-pyrrole nitrogens is 1. The number of fused-ring (bicyclic) bond motifs is 2. The van der Waals surface area contributed by atoms with E-state index >= 15 is 0 Å². The molecule has 3 aromatic rings. The van der Waals surface area contributed by atoms with Gasteiger partial charge in [0.2, 0.25) is 0 Å². The van der Waals surface area contributed by atoms with Gasteiger partial charge >= 0.3 is 11.9 Å². The van der Waals surface area contributed by atoms with Crippen molar-refractivity contribution in [2.24, 2.45) is 5.73 Å². The maximum atomic E-state index is 14.2. The number of hydrogen-bond acceptors (Lipinski definition) is 8. The number of hydrogen-bond donors (Lipinski definition) is 2. The number of carbonyl (C=O) groups is 2. The number of rotatable bonds is 6. The largest absolute Gasteiger partial charge is 0.459 e. The number of aromatic amines is 1. The number of imidazole rings is 1. The Morgan fingerprint density at radius 3 is 2.36 bits per heavy atom. The summed E-state index contributed by atoms with van der Waals surface area (Å²) in [7, 11) is 0. The van der Waals surface area contributed by atoms with Crippen LogP contribution in [0, 0.1) is 0 Å². The maximum Gasteiger partial charge on any atom is 0.331 e. The quantitative estimate of drug-likeness (QED) is 0.359. The molecule has 9 heteroatoms. The average Bonchev–Trinajstić information content (AvgIpc) is 3.34. The fourth-order valence-corrected chi connectivity index (χ4v) is 6.35. The SMILES string of the molecule is CC(C)(C)OC(=O)C(c1nc2ccccc2[nH]1)N(C1CCC(N)(C(=O)OC(C)(C)C)CC1)C1CCCc2cccnc21. The second-order valence-electron chi connectivity index (χ2n) is 13.9. The zero-order valence-corrected chi connectivity index (χ0v) is 25.8. The van der Waals surface area contributed by atoms with E-state index in [1.165, 1.54) is 5.56 Å². The number of esters is 2. The predicted octanol–water partition coefficient (Wildman–Crippen LogP) is 5.70. The summed E-state index contributed by atoms with van der Waals surface area (Å²) in [6, 6.07) is 10.9. The third kappa shape index (κ3) is 6.52. The highest BCUT2D eigenvalue weighted by Gasteiger charge is 2.48. The molecule has 0 bridgehead atoms. The normalized spacial score (nSPS) is 23.8. The molecular formula is C33H45N5O4. The highest BCUT2D eigenvalue weighted by Crippen LogP contribution is 2.44. The van der Waals surface area contributed by atoms with Crippen LogP contribution in [0.5, 0.6) is 0 Å². The van der Waals surface area contributed by atoms with Crippen LogP contribution in [-0.2, 0) is 25.5 Å². The molecule has 0 saturated heterocycles. The topological polar surface area (TPSA) is 123 Å². The highest BCUT2D eigenvalue weighted by molar-refractivity contribution is 5.82. The third-order valence-electron chi connectivity index (χ3n) is 8.19. The molecule has 9 nitrogen and oxygen atoms in total. The molecule has 2 aliphatic carbocycles. The Morgan fingerprint density at radius 2 is 1.69 bits per heavy atom. The molecule has 0 amide bonds. The van der Waals surface area contributed by atoms with Crippen molar-refractivity contribution in [1.82, 2.24) is 19.9 Å². The summed E-state index contributed by atoms with van der Waals surface area (Å²) in [5, 5.41) is 0. The molecule has 1 fully saturated rings. The van der Waals surface area contributed by atoms with Crippen molar-refractivity contribution < 1.29 is 19.1 Å². The number of aromatic nitrogens is 3. The van der Waals surface area contributed by atoms with Gasteiger partial charge in [0.15, 0.2) is 6.04 Å². The number of nitrogens with two attached hydrogens (primary N) is 1. The molecule has 2 heterocycles. The van der Waals surface area contributed by atoms with Gasteiger partial charge in [-0.25, -0.2) is 9.78 Å². The van der Waals surface area contributed by atoms with Crippen LogP contribution in [-0.4, -0.2) is 54.6 Å². The number of ether oxygens (including phenoxy) is 2. The van der Waals surface area contributed by atoms with Crippen molar-refractivity contribution >= 4 is 23.0 Å². The van der Waals surface area contributed by atoms with E-state index in [1.807, 2.05) is 78.1 Å². The minimum absolute atomic E-state index is 0.0622.